The Morgan fingerprint density at radius 3 is 2.28 bits per heavy atom. The third-order valence-corrected chi connectivity index (χ3v) is 4.69. The Labute approximate surface area is 150 Å². The number of hydrogen-bond acceptors (Lipinski definition) is 3. The summed E-state index contributed by atoms with van der Waals surface area (Å²) < 4.78 is 5.19. The van der Waals surface area contributed by atoms with Crippen molar-refractivity contribution in [1.82, 2.24) is 10.2 Å². The lowest BCUT2D eigenvalue weighted by molar-refractivity contribution is -0.917. The first kappa shape index (κ1) is 19.2. The number of carbonyl (C=O) groups excluding carboxylic acids is 2. The first-order valence-electron chi connectivity index (χ1n) is 8.93. The Morgan fingerprint density at radius 1 is 1.20 bits per heavy atom. The molecular formula is C19H30N3O3+. The van der Waals surface area contributed by atoms with E-state index in [0.29, 0.717) is 0 Å². The van der Waals surface area contributed by atoms with E-state index in [-0.39, 0.29) is 17.7 Å². The van der Waals surface area contributed by atoms with Crippen LogP contribution in [0.1, 0.15) is 26.3 Å². The second kappa shape index (κ2) is 8.85. The number of piperazine rings is 1. The summed E-state index contributed by atoms with van der Waals surface area (Å²) in [7, 11) is 1.67. The maximum absolute atomic E-state index is 12.7. The fourth-order valence-corrected chi connectivity index (χ4v) is 3.18. The lowest BCUT2D eigenvalue weighted by atomic mass is 10.0. The van der Waals surface area contributed by atoms with E-state index >= 15 is 0 Å². The Balaban J connectivity index is 1.87. The van der Waals surface area contributed by atoms with Gasteiger partial charge in [-0.1, -0.05) is 13.8 Å². The molecule has 1 aliphatic rings. The second-order valence-electron chi connectivity index (χ2n) is 7.02. The molecule has 1 aromatic rings. The van der Waals surface area contributed by atoms with E-state index in [1.165, 1.54) is 17.4 Å². The summed E-state index contributed by atoms with van der Waals surface area (Å²) in [4.78, 5) is 27.4. The highest BCUT2D eigenvalue weighted by Crippen LogP contribution is 2.11. The highest BCUT2D eigenvalue weighted by molar-refractivity contribution is 5.87. The number of hydrogen-bond donors (Lipinski definition) is 2. The molecule has 1 heterocycles. The molecule has 2 N–H and O–H groups in total. The topological polar surface area (TPSA) is 63.1 Å². The van der Waals surface area contributed by atoms with Crippen molar-refractivity contribution in [3.63, 3.8) is 0 Å². The fourth-order valence-electron chi connectivity index (χ4n) is 3.18. The molecule has 6 heteroatoms. The van der Waals surface area contributed by atoms with E-state index in [1.807, 2.05) is 30.9 Å². The first-order chi connectivity index (χ1) is 11.9. The highest BCUT2D eigenvalue weighted by atomic mass is 16.5. The number of quaternary nitrogens is 1. The molecule has 1 atom stereocenters. The van der Waals surface area contributed by atoms with Crippen LogP contribution in [0.15, 0.2) is 24.3 Å². The van der Waals surface area contributed by atoms with Crippen molar-refractivity contribution in [2.75, 3.05) is 33.3 Å². The Bertz CT molecular complexity index is 578. The minimum absolute atomic E-state index is 0.0358. The molecule has 138 valence electrons. The molecule has 0 unspecified atom stereocenters. The van der Waals surface area contributed by atoms with Gasteiger partial charge >= 0.3 is 0 Å². The smallest absolute Gasteiger partial charge is 0.245 e. The summed E-state index contributed by atoms with van der Waals surface area (Å²) in [6.07, 6.45) is 0. The van der Waals surface area contributed by atoms with E-state index in [1.54, 1.807) is 7.11 Å². The second-order valence-corrected chi connectivity index (χ2v) is 7.02. The van der Waals surface area contributed by atoms with Crippen LogP contribution in [-0.4, -0.2) is 56.0 Å². The number of carbonyl (C=O) groups is 2. The van der Waals surface area contributed by atoms with Gasteiger partial charge in [-0.25, -0.2) is 0 Å². The summed E-state index contributed by atoms with van der Waals surface area (Å²) in [5.41, 5.74) is 1.27. The standard InChI is InChI=1S/C19H29N3O3/c1-14(2)18(20-15(3)23)19(24)22-11-9-21(10-12-22)13-16-5-7-17(25-4)8-6-16/h5-8,14,18H,9-13H2,1-4H3,(H,20,23)/p+1/t18-/m1/s1. The summed E-state index contributed by atoms with van der Waals surface area (Å²) in [6.45, 7) is 9.63. The predicted molar refractivity (Wildman–Crippen MR) is 96.4 cm³/mol. The van der Waals surface area contributed by atoms with Crippen molar-refractivity contribution >= 4 is 11.8 Å². The van der Waals surface area contributed by atoms with Gasteiger partial charge in [-0.05, 0) is 30.2 Å². The molecule has 1 fully saturated rings. The van der Waals surface area contributed by atoms with Crippen LogP contribution in [-0.2, 0) is 16.1 Å². The monoisotopic (exact) mass is 348 g/mol. The average molecular weight is 348 g/mol. The number of nitrogens with zero attached hydrogens (tertiary/aromatic N) is 1. The molecule has 0 spiro atoms. The zero-order valence-corrected chi connectivity index (χ0v) is 15.7. The summed E-state index contributed by atoms with van der Waals surface area (Å²) in [5, 5.41) is 2.79. The van der Waals surface area contributed by atoms with Gasteiger partial charge in [0.05, 0.1) is 33.3 Å². The maximum atomic E-state index is 12.7. The van der Waals surface area contributed by atoms with Crippen molar-refractivity contribution < 1.29 is 19.2 Å². The van der Waals surface area contributed by atoms with Crippen LogP contribution in [0, 0.1) is 5.92 Å². The van der Waals surface area contributed by atoms with E-state index in [4.69, 9.17) is 4.74 Å². The molecule has 0 aromatic heterocycles. The van der Waals surface area contributed by atoms with Crippen LogP contribution in [0.4, 0.5) is 0 Å². The Morgan fingerprint density at radius 2 is 1.80 bits per heavy atom. The van der Waals surface area contributed by atoms with Crippen LogP contribution >= 0.6 is 0 Å². The largest absolute Gasteiger partial charge is 0.497 e. The maximum Gasteiger partial charge on any atom is 0.245 e. The normalized spacial score (nSPS) is 16.6. The summed E-state index contributed by atoms with van der Waals surface area (Å²) in [5.74, 6) is 0.831. The van der Waals surface area contributed by atoms with Crippen LogP contribution < -0.4 is 15.0 Å². The van der Waals surface area contributed by atoms with E-state index < -0.39 is 6.04 Å². The molecule has 1 aromatic carbocycles. The number of methoxy groups -OCH3 is 1. The van der Waals surface area contributed by atoms with Gasteiger partial charge in [0.25, 0.3) is 0 Å². The van der Waals surface area contributed by atoms with Crippen LogP contribution in [0.25, 0.3) is 0 Å². The van der Waals surface area contributed by atoms with E-state index in [0.717, 1.165) is 38.5 Å². The number of amides is 2. The van der Waals surface area contributed by atoms with Crippen LogP contribution in [0.3, 0.4) is 0 Å². The van der Waals surface area contributed by atoms with Crippen molar-refractivity contribution in [2.24, 2.45) is 5.92 Å². The summed E-state index contributed by atoms with van der Waals surface area (Å²) >= 11 is 0. The molecule has 0 bridgehead atoms. The molecule has 2 rings (SSSR count). The third-order valence-electron chi connectivity index (χ3n) is 4.69. The minimum atomic E-state index is -0.430. The molecule has 0 aliphatic carbocycles. The SMILES string of the molecule is COc1ccc(C[NH+]2CCN(C(=O)[C@H](NC(C)=O)C(C)C)CC2)cc1. The van der Waals surface area contributed by atoms with Crippen molar-refractivity contribution in [1.29, 1.82) is 0 Å². The van der Waals surface area contributed by atoms with Crippen LogP contribution in [0.5, 0.6) is 5.75 Å². The molecule has 0 radical (unpaired) electrons. The number of benzene rings is 1. The fraction of sp³-hybridized carbons (Fsp3) is 0.579. The number of nitrogens with one attached hydrogen (secondary N) is 2. The molecule has 1 saturated heterocycles. The lowest BCUT2D eigenvalue weighted by Gasteiger charge is -2.35. The van der Waals surface area contributed by atoms with Gasteiger partial charge in [-0.15, -0.1) is 0 Å². The first-order valence-corrected chi connectivity index (χ1v) is 8.93. The molecule has 25 heavy (non-hydrogen) atoms. The molecular weight excluding hydrogens is 318 g/mol. The number of rotatable bonds is 6. The zero-order chi connectivity index (χ0) is 18.4. The van der Waals surface area contributed by atoms with Crippen molar-refractivity contribution in [3.05, 3.63) is 29.8 Å². The van der Waals surface area contributed by atoms with Gasteiger partial charge in [-0.3, -0.25) is 9.59 Å². The molecule has 0 saturated carbocycles. The van der Waals surface area contributed by atoms with Gasteiger partial charge < -0.3 is 19.9 Å². The predicted octanol–water partition coefficient (Wildman–Crippen LogP) is 0.0830. The van der Waals surface area contributed by atoms with Crippen molar-refractivity contribution in [3.8, 4) is 5.75 Å². The number of ether oxygens (including phenoxy) is 1. The molecule has 1 aliphatic heterocycles. The quantitative estimate of drug-likeness (QED) is 0.766. The van der Waals surface area contributed by atoms with Crippen LogP contribution in [0.2, 0.25) is 0 Å². The van der Waals surface area contributed by atoms with Gasteiger partial charge in [-0.2, -0.15) is 0 Å². The Kier molecular flexibility index (Phi) is 6.82. The van der Waals surface area contributed by atoms with Gasteiger partial charge in [0.2, 0.25) is 11.8 Å². The van der Waals surface area contributed by atoms with Gasteiger partial charge in [0, 0.05) is 12.5 Å². The zero-order valence-electron chi connectivity index (χ0n) is 15.7. The molecule has 2 amide bonds. The van der Waals surface area contributed by atoms with Gasteiger partial charge in [0.1, 0.15) is 18.3 Å². The minimum Gasteiger partial charge on any atom is -0.497 e. The van der Waals surface area contributed by atoms with Gasteiger partial charge in [0.15, 0.2) is 0 Å². The third kappa shape index (κ3) is 5.46. The van der Waals surface area contributed by atoms with E-state index in [9.17, 15) is 9.59 Å². The molecule has 6 nitrogen and oxygen atoms in total. The average Bonchev–Trinajstić information content (AvgIpc) is 2.60. The lowest BCUT2D eigenvalue weighted by Crippen LogP contribution is -3.13. The summed E-state index contributed by atoms with van der Waals surface area (Å²) in [6, 6.07) is 7.72. The highest BCUT2D eigenvalue weighted by Gasteiger charge is 2.31. The Hall–Kier alpha value is -2.08. The van der Waals surface area contributed by atoms with E-state index in [2.05, 4.69) is 17.4 Å². The van der Waals surface area contributed by atoms with Crippen molar-refractivity contribution in [2.45, 2.75) is 33.4 Å².